The van der Waals surface area contributed by atoms with Gasteiger partial charge >= 0.3 is 0 Å². The molecule has 0 amide bonds. The van der Waals surface area contributed by atoms with E-state index in [1.165, 1.54) is 5.56 Å². The number of nitrogens with one attached hydrogen (secondary N) is 2. The van der Waals surface area contributed by atoms with E-state index in [1.54, 1.807) is 0 Å². The Morgan fingerprint density at radius 1 is 1.31 bits per heavy atom. The van der Waals surface area contributed by atoms with Crippen LogP contribution in [0.1, 0.15) is 34.1 Å². The van der Waals surface area contributed by atoms with Crippen LogP contribution in [0.4, 0.5) is 0 Å². The topological polar surface area (TPSA) is 48.6 Å². The average Bonchev–Trinajstić information content (AvgIpc) is 2.86. The summed E-state index contributed by atoms with van der Waals surface area (Å²) in [5.74, 6) is 0. The molecule has 3 heteroatoms. The zero-order valence-corrected chi connectivity index (χ0v) is 9.85. The lowest BCUT2D eigenvalue weighted by Gasteiger charge is -1.96. The van der Waals surface area contributed by atoms with Gasteiger partial charge in [-0.3, -0.25) is 4.79 Å². The van der Waals surface area contributed by atoms with E-state index in [0.717, 1.165) is 35.2 Å². The molecule has 0 atom stereocenters. The van der Waals surface area contributed by atoms with Crippen molar-refractivity contribution < 1.29 is 4.79 Å². The Kier molecular flexibility index (Phi) is 2.69. The molecular weight excluding hydrogens is 200 g/mol. The number of hydrogen-bond acceptors (Lipinski definition) is 1. The van der Waals surface area contributed by atoms with Crippen molar-refractivity contribution in [2.24, 2.45) is 0 Å². The summed E-state index contributed by atoms with van der Waals surface area (Å²) >= 11 is 0. The van der Waals surface area contributed by atoms with E-state index in [2.05, 4.69) is 23.0 Å². The first-order valence-corrected chi connectivity index (χ1v) is 5.49. The van der Waals surface area contributed by atoms with Crippen molar-refractivity contribution in [3.05, 3.63) is 34.6 Å². The van der Waals surface area contributed by atoms with Crippen LogP contribution in [0, 0.1) is 13.8 Å². The monoisotopic (exact) mass is 216 g/mol. The lowest BCUT2D eigenvalue weighted by atomic mass is 10.1. The van der Waals surface area contributed by atoms with Crippen LogP contribution in [0.5, 0.6) is 0 Å². The minimum absolute atomic E-state index is 0.667. The Balaban J connectivity index is 2.51. The molecule has 0 bridgehead atoms. The van der Waals surface area contributed by atoms with E-state index in [1.807, 2.05) is 20.0 Å². The normalized spacial score (nSPS) is 10.7. The second kappa shape index (κ2) is 4.00. The van der Waals surface area contributed by atoms with Gasteiger partial charge in [-0.25, -0.2) is 0 Å². The summed E-state index contributed by atoms with van der Waals surface area (Å²) in [6, 6.07) is 2.12. The van der Waals surface area contributed by atoms with Crippen LogP contribution in [-0.4, -0.2) is 16.3 Å². The Morgan fingerprint density at radius 2 is 2.06 bits per heavy atom. The molecule has 0 aliphatic heterocycles. The highest BCUT2D eigenvalue weighted by atomic mass is 16.1. The number of carbonyl (C=O) groups excluding carboxylic acids is 1. The van der Waals surface area contributed by atoms with Crippen LogP contribution < -0.4 is 0 Å². The lowest BCUT2D eigenvalue weighted by Crippen LogP contribution is -1.82. The van der Waals surface area contributed by atoms with E-state index in [0.29, 0.717) is 5.69 Å². The fourth-order valence-corrected chi connectivity index (χ4v) is 1.89. The fourth-order valence-electron chi connectivity index (χ4n) is 1.89. The van der Waals surface area contributed by atoms with Gasteiger partial charge in [0.05, 0.1) is 17.1 Å². The van der Waals surface area contributed by atoms with Crippen LogP contribution in [0.15, 0.2) is 12.3 Å². The molecule has 0 aliphatic rings. The molecule has 0 unspecified atom stereocenters. The maximum atomic E-state index is 10.8. The first kappa shape index (κ1) is 10.7. The average molecular weight is 216 g/mol. The van der Waals surface area contributed by atoms with Crippen molar-refractivity contribution in [2.75, 3.05) is 0 Å². The van der Waals surface area contributed by atoms with Crippen molar-refractivity contribution in [1.82, 2.24) is 9.97 Å². The molecule has 0 fully saturated rings. The van der Waals surface area contributed by atoms with Gasteiger partial charge in [0.25, 0.3) is 0 Å². The SMILES string of the molecule is CCc1c[nH]c(-c2[nH]c(C=O)c(C)c2C)c1. The van der Waals surface area contributed by atoms with Crippen LogP contribution in [0.2, 0.25) is 0 Å². The van der Waals surface area contributed by atoms with Crippen molar-refractivity contribution in [3.8, 4) is 11.4 Å². The van der Waals surface area contributed by atoms with Crippen molar-refractivity contribution >= 4 is 6.29 Å². The van der Waals surface area contributed by atoms with E-state index in [4.69, 9.17) is 0 Å². The molecule has 2 aromatic rings. The van der Waals surface area contributed by atoms with E-state index in [-0.39, 0.29) is 0 Å². The summed E-state index contributed by atoms with van der Waals surface area (Å²) in [6.07, 6.45) is 3.89. The van der Waals surface area contributed by atoms with Gasteiger partial charge in [0.1, 0.15) is 0 Å². The second-order valence-corrected chi connectivity index (χ2v) is 4.06. The molecular formula is C13H16N2O. The third-order valence-electron chi connectivity index (χ3n) is 3.14. The van der Waals surface area contributed by atoms with Crippen molar-refractivity contribution in [1.29, 1.82) is 0 Å². The molecule has 84 valence electrons. The molecule has 2 heterocycles. The lowest BCUT2D eigenvalue weighted by molar-refractivity contribution is 0.111. The van der Waals surface area contributed by atoms with Gasteiger partial charge in [-0.05, 0) is 43.0 Å². The van der Waals surface area contributed by atoms with E-state index < -0.39 is 0 Å². The molecule has 0 radical (unpaired) electrons. The number of aromatic nitrogens is 2. The Labute approximate surface area is 94.9 Å². The van der Waals surface area contributed by atoms with E-state index >= 15 is 0 Å². The number of aldehydes is 1. The number of carbonyl (C=O) groups is 1. The highest BCUT2D eigenvalue weighted by molar-refractivity contribution is 5.79. The largest absolute Gasteiger partial charge is 0.360 e. The third-order valence-corrected chi connectivity index (χ3v) is 3.14. The molecule has 2 N–H and O–H groups in total. The molecule has 2 rings (SSSR count). The van der Waals surface area contributed by atoms with Gasteiger partial charge in [-0.15, -0.1) is 0 Å². The van der Waals surface area contributed by atoms with E-state index in [9.17, 15) is 4.79 Å². The molecule has 0 spiro atoms. The fraction of sp³-hybridized carbons (Fsp3) is 0.308. The van der Waals surface area contributed by atoms with Gasteiger partial charge in [0, 0.05) is 6.20 Å². The third kappa shape index (κ3) is 1.58. The first-order chi connectivity index (χ1) is 7.67. The number of aryl methyl sites for hydroxylation is 1. The van der Waals surface area contributed by atoms with Gasteiger partial charge < -0.3 is 9.97 Å². The molecule has 0 saturated heterocycles. The van der Waals surface area contributed by atoms with Gasteiger partial charge in [-0.2, -0.15) is 0 Å². The minimum atomic E-state index is 0.667. The van der Waals surface area contributed by atoms with Crippen LogP contribution >= 0.6 is 0 Å². The summed E-state index contributed by atoms with van der Waals surface area (Å²) in [5.41, 5.74) is 6.16. The zero-order valence-electron chi connectivity index (χ0n) is 9.85. The minimum Gasteiger partial charge on any atom is -0.360 e. The molecule has 0 saturated carbocycles. The summed E-state index contributed by atoms with van der Waals surface area (Å²) in [4.78, 5) is 17.2. The number of H-pyrrole nitrogens is 2. The standard InChI is InChI=1S/C13H16N2O/c1-4-10-5-11(14-6-10)13-9(3)8(2)12(7-16)15-13/h5-7,14-15H,4H2,1-3H3. The quantitative estimate of drug-likeness (QED) is 0.761. The smallest absolute Gasteiger partial charge is 0.166 e. The highest BCUT2D eigenvalue weighted by Gasteiger charge is 2.12. The molecule has 2 aromatic heterocycles. The van der Waals surface area contributed by atoms with Crippen molar-refractivity contribution in [2.45, 2.75) is 27.2 Å². The Hall–Kier alpha value is -1.77. The highest BCUT2D eigenvalue weighted by Crippen LogP contribution is 2.26. The summed E-state index contributed by atoms with van der Waals surface area (Å²) < 4.78 is 0. The molecule has 16 heavy (non-hydrogen) atoms. The van der Waals surface area contributed by atoms with Crippen molar-refractivity contribution in [3.63, 3.8) is 0 Å². The van der Waals surface area contributed by atoms with Crippen LogP contribution in [0.3, 0.4) is 0 Å². The number of aromatic amines is 2. The summed E-state index contributed by atoms with van der Waals surface area (Å²) in [5, 5.41) is 0. The Bertz CT molecular complexity index is 520. The van der Waals surface area contributed by atoms with Gasteiger partial charge in [0.15, 0.2) is 6.29 Å². The first-order valence-electron chi connectivity index (χ1n) is 5.49. The summed E-state index contributed by atoms with van der Waals surface area (Å²) in [6.45, 7) is 6.11. The second-order valence-electron chi connectivity index (χ2n) is 4.06. The molecule has 0 aliphatic carbocycles. The van der Waals surface area contributed by atoms with Gasteiger partial charge in [0.2, 0.25) is 0 Å². The molecule has 0 aromatic carbocycles. The van der Waals surface area contributed by atoms with Crippen LogP contribution in [-0.2, 0) is 6.42 Å². The Morgan fingerprint density at radius 3 is 2.56 bits per heavy atom. The maximum Gasteiger partial charge on any atom is 0.166 e. The predicted octanol–water partition coefficient (Wildman–Crippen LogP) is 3.00. The predicted molar refractivity (Wildman–Crippen MR) is 64.8 cm³/mol. The van der Waals surface area contributed by atoms with Crippen LogP contribution in [0.25, 0.3) is 11.4 Å². The number of rotatable bonds is 3. The van der Waals surface area contributed by atoms with Gasteiger partial charge in [-0.1, -0.05) is 6.92 Å². The maximum absolute atomic E-state index is 10.8. The summed E-state index contributed by atoms with van der Waals surface area (Å²) in [7, 11) is 0. The zero-order chi connectivity index (χ0) is 11.7. The number of hydrogen-bond donors (Lipinski definition) is 2. The molecule has 3 nitrogen and oxygen atoms in total.